The SMILES string of the molecule is CCCCN1CC(C(=O)N2CCN(c3ccc(OC)cc3)CC2)CC1=O. The second kappa shape index (κ2) is 8.43. The molecule has 0 N–H and O–H groups in total. The molecular weight excluding hydrogens is 330 g/mol. The minimum atomic E-state index is -0.160. The fourth-order valence-corrected chi connectivity index (χ4v) is 3.74. The molecule has 1 atom stereocenters. The molecule has 0 saturated carbocycles. The third-order valence-electron chi connectivity index (χ3n) is 5.37. The van der Waals surface area contributed by atoms with Crippen LogP contribution in [0.3, 0.4) is 0 Å². The maximum atomic E-state index is 12.8. The molecule has 142 valence electrons. The van der Waals surface area contributed by atoms with Crippen LogP contribution >= 0.6 is 0 Å². The molecule has 3 rings (SSSR count). The van der Waals surface area contributed by atoms with E-state index in [1.54, 1.807) is 7.11 Å². The van der Waals surface area contributed by atoms with Gasteiger partial charge in [-0.2, -0.15) is 0 Å². The lowest BCUT2D eigenvalue weighted by Crippen LogP contribution is -2.50. The van der Waals surface area contributed by atoms with E-state index in [2.05, 4.69) is 24.0 Å². The van der Waals surface area contributed by atoms with Gasteiger partial charge in [0.25, 0.3) is 0 Å². The number of likely N-dealkylation sites (tertiary alicyclic amines) is 1. The van der Waals surface area contributed by atoms with E-state index in [9.17, 15) is 9.59 Å². The molecule has 0 aromatic heterocycles. The summed E-state index contributed by atoms with van der Waals surface area (Å²) in [6.07, 6.45) is 2.45. The Morgan fingerprint density at radius 2 is 1.85 bits per heavy atom. The third-order valence-corrected chi connectivity index (χ3v) is 5.37. The summed E-state index contributed by atoms with van der Waals surface area (Å²) in [4.78, 5) is 31.0. The monoisotopic (exact) mass is 359 g/mol. The Morgan fingerprint density at radius 3 is 2.46 bits per heavy atom. The standard InChI is InChI=1S/C20H29N3O3/c1-3-4-9-23-15-16(14-19(23)24)20(25)22-12-10-21(11-13-22)17-5-7-18(26-2)8-6-17/h5-8,16H,3-4,9-15H2,1-2H3. The number of hydrogen-bond acceptors (Lipinski definition) is 4. The minimum absolute atomic E-state index is 0.133. The molecule has 0 aliphatic carbocycles. The van der Waals surface area contributed by atoms with Crippen LogP contribution < -0.4 is 9.64 Å². The Morgan fingerprint density at radius 1 is 1.15 bits per heavy atom. The van der Waals surface area contributed by atoms with Crippen LogP contribution in [0.5, 0.6) is 5.75 Å². The lowest BCUT2D eigenvalue weighted by molar-refractivity contribution is -0.136. The zero-order valence-corrected chi connectivity index (χ0v) is 15.8. The number of rotatable bonds is 6. The van der Waals surface area contributed by atoms with Crippen molar-refractivity contribution < 1.29 is 14.3 Å². The van der Waals surface area contributed by atoms with Gasteiger partial charge in [-0.3, -0.25) is 9.59 Å². The number of carbonyl (C=O) groups excluding carboxylic acids is 2. The van der Waals surface area contributed by atoms with Crippen LogP contribution in [-0.2, 0) is 9.59 Å². The first kappa shape index (κ1) is 18.5. The van der Waals surface area contributed by atoms with Gasteiger partial charge in [-0.05, 0) is 30.7 Å². The lowest BCUT2D eigenvalue weighted by atomic mass is 10.1. The summed E-state index contributed by atoms with van der Waals surface area (Å²) in [5.74, 6) is 0.966. The van der Waals surface area contributed by atoms with E-state index >= 15 is 0 Å². The Kier molecular flexibility index (Phi) is 6.01. The van der Waals surface area contributed by atoms with Gasteiger partial charge in [-0.15, -0.1) is 0 Å². The number of amides is 2. The minimum Gasteiger partial charge on any atom is -0.497 e. The summed E-state index contributed by atoms with van der Waals surface area (Å²) in [6, 6.07) is 8.03. The molecule has 2 saturated heterocycles. The van der Waals surface area contributed by atoms with Crippen LogP contribution in [-0.4, -0.2) is 68.0 Å². The van der Waals surface area contributed by atoms with Gasteiger partial charge in [-0.25, -0.2) is 0 Å². The van der Waals surface area contributed by atoms with Crippen LogP contribution in [0, 0.1) is 5.92 Å². The summed E-state index contributed by atoms with van der Waals surface area (Å²) in [7, 11) is 1.66. The molecule has 2 aliphatic rings. The van der Waals surface area contributed by atoms with Gasteiger partial charge in [0.2, 0.25) is 11.8 Å². The normalized spacial score (nSPS) is 20.6. The first-order valence-electron chi connectivity index (χ1n) is 9.58. The van der Waals surface area contributed by atoms with Crippen LogP contribution in [0.1, 0.15) is 26.2 Å². The molecule has 1 unspecified atom stereocenters. The molecule has 1 aromatic rings. The van der Waals surface area contributed by atoms with Gasteiger partial charge in [0.1, 0.15) is 5.75 Å². The van der Waals surface area contributed by atoms with E-state index in [0.717, 1.165) is 43.9 Å². The smallest absolute Gasteiger partial charge is 0.228 e. The van der Waals surface area contributed by atoms with E-state index in [4.69, 9.17) is 4.74 Å². The highest BCUT2D eigenvalue weighted by Crippen LogP contribution is 2.24. The summed E-state index contributed by atoms with van der Waals surface area (Å²) in [6.45, 7) is 6.55. The van der Waals surface area contributed by atoms with Crippen molar-refractivity contribution in [2.75, 3.05) is 51.3 Å². The number of carbonyl (C=O) groups is 2. The number of benzene rings is 1. The van der Waals surface area contributed by atoms with Gasteiger partial charge in [0.15, 0.2) is 0 Å². The Balaban J connectivity index is 1.51. The molecule has 2 amide bonds. The zero-order valence-electron chi connectivity index (χ0n) is 15.8. The molecule has 0 bridgehead atoms. The molecule has 2 heterocycles. The fraction of sp³-hybridized carbons (Fsp3) is 0.600. The van der Waals surface area contributed by atoms with Gasteiger partial charge in [0.05, 0.1) is 13.0 Å². The van der Waals surface area contributed by atoms with E-state index in [-0.39, 0.29) is 17.7 Å². The molecular formula is C20H29N3O3. The van der Waals surface area contributed by atoms with Crippen molar-refractivity contribution in [1.82, 2.24) is 9.80 Å². The van der Waals surface area contributed by atoms with Crippen molar-refractivity contribution in [3.63, 3.8) is 0 Å². The summed E-state index contributed by atoms with van der Waals surface area (Å²) in [5.41, 5.74) is 1.15. The van der Waals surface area contributed by atoms with Gasteiger partial charge < -0.3 is 19.4 Å². The summed E-state index contributed by atoms with van der Waals surface area (Å²) in [5, 5.41) is 0. The average molecular weight is 359 g/mol. The molecule has 26 heavy (non-hydrogen) atoms. The summed E-state index contributed by atoms with van der Waals surface area (Å²) < 4.78 is 5.20. The van der Waals surface area contributed by atoms with E-state index in [1.165, 1.54) is 0 Å². The molecule has 0 radical (unpaired) electrons. The number of nitrogens with zero attached hydrogens (tertiary/aromatic N) is 3. The van der Waals surface area contributed by atoms with E-state index < -0.39 is 0 Å². The Bertz CT molecular complexity index is 624. The Labute approximate surface area is 155 Å². The second-order valence-electron chi connectivity index (χ2n) is 7.10. The van der Waals surface area contributed by atoms with Crippen molar-refractivity contribution in [3.05, 3.63) is 24.3 Å². The highest BCUT2D eigenvalue weighted by atomic mass is 16.5. The van der Waals surface area contributed by atoms with Crippen molar-refractivity contribution >= 4 is 17.5 Å². The van der Waals surface area contributed by atoms with Crippen LogP contribution in [0.15, 0.2) is 24.3 Å². The van der Waals surface area contributed by atoms with E-state index in [0.29, 0.717) is 26.1 Å². The zero-order chi connectivity index (χ0) is 18.5. The van der Waals surface area contributed by atoms with Crippen LogP contribution in [0.25, 0.3) is 0 Å². The quantitative estimate of drug-likeness (QED) is 0.780. The maximum Gasteiger partial charge on any atom is 0.228 e. The number of piperazine rings is 1. The molecule has 6 nitrogen and oxygen atoms in total. The highest BCUT2D eigenvalue weighted by molar-refractivity contribution is 5.89. The first-order chi connectivity index (χ1) is 12.6. The topological polar surface area (TPSA) is 53.1 Å². The average Bonchev–Trinajstić information content (AvgIpc) is 3.06. The maximum absolute atomic E-state index is 12.8. The third kappa shape index (κ3) is 4.11. The predicted octanol–water partition coefficient (Wildman–Crippen LogP) is 1.99. The highest BCUT2D eigenvalue weighted by Gasteiger charge is 2.36. The van der Waals surface area contributed by atoms with Crippen LogP contribution in [0.2, 0.25) is 0 Å². The summed E-state index contributed by atoms with van der Waals surface area (Å²) >= 11 is 0. The van der Waals surface area contributed by atoms with Gasteiger partial charge in [0, 0.05) is 51.4 Å². The van der Waals surface area contributed by atoms with Crippen molar-refractivity contribution in [1.29, 1.82) is 0 Å². The predicted molar refractivity (Wildman–Crippen MR) is 101 cm³/mol. The van der Waals surface area contributed by atoms with E-state index in [1.807, 2.05) is 21.9 Å². The molecule has 2 fully saturated rings. The van der Waals surface area contributed by atoms with Crippen molar-refractivity contribution in [3.8, 4) is 5.75 Å². The molecule has 6 heteroatoms. The number of anilines is 1. The Hall–Kier alpha value is -2.24. The lowest BCUT2D eigenvalue weighted by Gasteiger charge is -2.37. The number of methoxy groups -OCH3 is 1. The van der Waals surface area contributed by atoms with Crippen molar-refractivity contribution in [2.24, 2.45) is 5.92 Å². The fourth-order valence-electron chi connectivity index (χ4n) is 3.74. The largest absolute Gasteiger partial charge is 0.497 e. The number of unbranched alkanes of at least 4 members (excludes halogenated alkanes) is 1. The van der Waals surface area contributed by atoms with Crippen LogP contribution in [0.4, 0.5) is 5.69 Å². The van der Waals surface area contributed by atoms with Gasteiger partial charge >= 0.3 is 0 Å². The molecule has 2 aliphatic heterocycles. The first-order valence-corrected chi connectivity index (χ1v) is 9.58. The van der Waals surface area contributed by atoms with Crippen molar-refractivity contribution in [2.45, 2.75) is 26.2 Å². The number of ether oxygens (including phenoxy) is 1. The molecule has 1 aromatic carbocycles. The van der Waals surface area contributed by atoms with Gasteiger partial charge in [-0.1, -0.05) is 13.3 Å². The second-order valence-corrected chi connectivity index (χ2v) is 7.10. The molecule has 0 spiro atoms. The number of hydrogen-bond donors (Lipinski definition) is 0.